The van der Waals surface area contributed by atoms with Crippen molar-refractivity contribution < 1.29 is 4.42 Å². The maximum atomic E-state index is 5.74. The molecule has 2 aromatic rings. The first-order valence-electron chi connectivity index (χ1n) is 5.35. The second-order valence-corrected chi connectivity index (χ2v) is 4.47. The lowest BCUT2D eigenvalue weighted by Crippen LogP contribution is -2.10. The lowest BCUT2D eigenvalue weighted by atomic mass is 10.2. The van der Waals surface area contributed by atoms with E-state index in [2.05, 4.69) is 34.2 Å². The number of halogens is 1. The van der Waals surface area contributed by atoms with Gasteiger partial charge in [-0.2, -0.15) is 0 Å². The lowest BCUT2D eigenvalue weighted by Gasteiger charge is -1.99. The first-order valence-corrected chi connectivity index (χ1v) is 6.14. The summed E-state index contributed by atoms with van der Waals surface area (Å²) in [6, 6.07) is 12.1. The molecule has 1 aromatic heterocycles. The molecule has 2 rings (SSSR count). The van der Waals surface area contributed by atoms with Gasteiger partial charge in [0.2, 0.25) is 0 Å². The Morgan fingerprint density at radius 2 is 2.12 bits per heavy atom. The average Bonchev–Trinajstić information content (AvgIpc) is 2.75. The van der Waals surface area contributed by atoms with Crippen LogP contribution in [-0.4, -0.2) is 6.54 Å². The number of benzene rings is 1. The van der Waals surface area contributed by atoms with Crippen molar-refractivity contribution in [1.82, 2.24) is 5.32 Å². The molecule has 3 heteroatoms. The Morgan fingerprint density at radius 1 is 1.25 bits per heavy atom. The summed E-state index contributed by atoms with van der Waals surface area (Å²) < 4.78 is 6.81. The van der Waals surface area contributed by atoms with E-state index in [1.807, 2.05) is 30.3 Å². The first kappa shape index (κ1) is 11.4. The summed E-state index contributed by atoms with van der Waals surface area (Å²) in [7, 11) is 0. The zero-order valence-corrected chi connectivity index (χ0v) is 10.8. The van der Waals surface area contributed by atoms with Gasteiger partial charge in [0, 0.05) is 10.0 Å². The van der Waals surface area contributed by atoms with Crippen LogP contribution in [0.2, 0.25) is 0 Å². The molecule has 84 valence electrons. The number of rotatable bonds is 4. The van der Waals surface area contributed by atoms with Crippen LogP contribution in [0, 0.1) is 0 Å². The maximum Gasteiger partial charge on any atom is 0.134 e. The topological polar surface area (TPSA) is 25.2 Å². The highest BCUT2D eigenvalue weighted by molar-refractivity contribution is 9.10. The van der Waals surface area contributed by atoms with Gasteiger partial charge in [0.15, 0.2) is 0 Å². The summed E-state index contributed by atoms with van der Waals surface area (Å²) in [5.41, 5.74) is 1.09. The molecule has 0 radical (unpaired) electrons. The summed E-state index contributed by atoms with van der Waals surface area (Å²) >= 11 is 3.45. The Hall–Kier alpha value is -1.06. The molecule has 1 heterocycles. The number of nitrogens with one attached hydrogen (secondary N) is 1. The second kappa shape index (κ2) is 5.32. The van der Waals surface area contributed by atoms with E-state index in [-0.39, 0.29) is 0 Å². The smallest absolute Gasteiger partial charge is 0.134 e. The zero-order valence-electron chi connectivity index (χ0n) is 9.16. The predicted molar refractivity (Wildman–Crippen MR) is 69.2 cm³/mol. The van der Waals surface area contributed by atoms with Crippen molar-refractivity contribution in [3.8, 4) is 11.3 Å². The van der Waals surface area contributed by atoms with Gasteiger partial charge in [0.25, 0.3) is 0 Å². The molecule has 0 atom stereocenters. The molecule has 0 aliphatic carbocycles. The Labute approximate surface area is 104 Å². The van der Waals surface area contributed by atoms with Crippen LogP contribution in [0.4, 0.5) is 0 Å². The van der Waals surface area contributed by atoms with Crippen molar-refractivity contribution in [1.29, 1.82) is 0 Å². The van der Waals surface area contributed by atoms with Crippen LogP contribution in [0.5, 0.6) is 0 Å². The molecule has 16 heavy (non-hydrogen) atoms. The minimum atomic E-state index is 0.782. The molecule has 0 bridgehead atoms. The van der Waals surface area contributed by atoms with E-state index in [1.165, 1.54) is 0 Å². The quantitative estimate of drug-likeness (QED) is 0.921. The molecule has 0 aliphatic rings. The average molecular weight is 280 g/mol. The van der Waals surface area contributed by atoms with Gasteiger partial charge in [-0.3, -0.25) is 0 Å². The molecule has 0 fully saturated rings. The van der Waals surface area contributed by atoms with Gasteiger partial charge >= 0.3 is 0 Å². The fraction of sp³-hybridized carbons (Fsp3) is 0.231. The van der Waals surface area contributed by atoms with E-state index in [0.29, 0.717) is 0 Å². The number of hydrogen-bond acceptors (Lipinski definition) is 2. The van der Waals surface area contributed by atoms with E-state index in [9.17, 15) is 0 Å². The molecular formula is C13H14BrNO. The first-order chi connectivity index (χ1) is 7.79. The zero-order chi connectivity index (χ0) is 11.4. The Balaban J connectivity index is 2.18. The van der Waals surface area contributed by atoms with Gasteiger partial charge in [-0.1, -0.05) is 35.0 Å². The van der Waals surface area contributed by atoms with Crippen molar-refractivity contribution in [2.24, 2.45) is 0 Å². The summed E-state index contributed by atoms with van der Waals surface area (Å²) in [5, 5.41) is 3.24. The highest BCUT2D eigenvalue weighted by Gasteiger charge is 2.04. The van der Waals surface area contributed by atoms with Gasteiger partial charge in [-0.25, -0.2) is 0 Å². The van der Waals surface area contributed by atoms with Crippen molar-refractivity contribution >= 4 is 15.9 Å². The van der Waals surface area contributed by atoms with Crippen LogP contribution in [0.25, 0.3) is 11.3 Å². The highest BCUT2D eigenvalue weighted by atomic mass is 79.9. The second-order valence-electron chi connectivity index (χ2n) is 3.56. The van der Waals surface area contributed by atoms with Gasteiger partial charge in [-0.15, -0.1) is 0 Å². The molecule has 0 unspecified atom stereocenters. The molecule has 2 nitrogen and oxygen atoms in total. The molecule has 0 saturated carbocycles. The van der Waals surface area contributed by atoms with E-state index in [4.69, 9.17) is 4.42 Å². The van der Waals surface area contributed by atoms with Crippen LogP contribution in [0.1, 0.15) is 12.7 Å². The Morgan fingerprint density at radius 3 is 2.88 bits per heavy atom. The fourth-order valence-corrected chi connectivity index (χ4v) is 1.92. The summed E-state index contributed by atoms with van der Waals surface area (Å²) in [5.74, 6) is 1.88. The molecule has 0 amide bonds. The fourth-order valence-electron chi connectivity index (χ4n) is 1.52. The minimum Gasteiger partial charge on any atom is -0.460 e. The Kier molecular flexibility index (Phi) is 3.80. The van der Waals surface area contributed by atoms with Crippen LogP contribution >= 0.6 is 15.9 Å². The lowest BCUT2D eigenvalue weighted by molar-refractivity contribution is 0.498. The summed E-state index contributed by atoms with van der Waals surface area (Å²) in [6.45, 7) is 3.82. The molecule has 1 N–H and O–H groups in total. The van der Waals surface area contributed by atoms with Crippen molar-refractivity contribution in [2.75, 3.05) is 6.54 Å². The molecule has 1 aromatic carbocycles. The van der Waals surface area contributed by atoms with Gasteiger partial charge < -0.3 is 9.73 Å². The number of hydrogen-bond donors (Lipinski definition) is 1. The van der Waals surface area contributed by atoms with E-state index in [1.54, 1.807) is 0 Å². The minimum absolute atomic E-state index is 0.782. The third-order valence-corrected chi connectivity index (χ3v) is 2.81. The number of furan rings is 1. The Bertz CT molecular complexity index is 464. The van der Waals surface area contributed by atoms with Crippen molar-refractivity contribution in [3.63, 3.8) is 0 Å². The predicted octanol–water partition coefficient (Wildman–Crippen LogP) is 3.82. The summed E-state index contributed by atoms with van der Waals surface area (Å²) in [6.07, 6.45) is 0. The van der Waals surface area contributed by atoms with E-state index in [0.717, 1.165) is 34.6 Å². The monoisotopic (exact) mass is 279 g/mol. The van der Waals surface area contributed by atoms with Crippen molar-refractivity contribution in [3.05, 3.63) is 46.6 Å². The largest absolute Gasteiger partial charge is 0.460 e. The van der Waals surface area contributed by atoms with Gasteiger partial charge in [-0.05, 0) is 30.8 Å². The van der Waals surface area contributed by atoms with Gasteiger partial charge in [0.05, 0.1) is 6.54 Å². The van der Waals surface area contributed by atoms with Crippen LogP contribution in [-0.2, 0) is 6.54 Å². The molecule has 0 spiro atoms. The maximum absolute atomic E-state index is 5.74. The molecule has 0 saturated heterocycles. The summed E-state index contributed by atoms with van der Waals surface area (Å²) in [4.78, 5) is 0. The van der Waals surface area contributed by atoms with E-state index < -0.39 is 0 Å². The third-order valence-electron chi connectivity index (χ3n) is 2.32. The van der Waals surface area contributed by atoms with E-state index >= 15 is 0 Å². The van der Waals surface area contributed by atoms with Gasteiger partial charge in [0.1, 0.15) is 11.5 Å². The molecular weight excluding hydrogens is 266 g/mol. The third kappa shape index (κ3) is 2.74. The van der Waals surface area contributed by atoms with Crippen LogP contribution < -0.4 is 5.32 Å². The molecule has 0 aliphatic heterocycles. The van der Waals surface area contributed by atoms with Crippen LogP contribution in [0.15, 0.2) is 45.3 Å². The normalized spacial score (nSPS) is 10.6. The standard InChI is InChI=1S/C13H14BrNO/c1-2-15-9-12-6-7-13(16-12)10-4-3-5-11(14)8-10/h3-8,15H,2,9H2,1H3. The van der Waals surface area contributed by atoms with Crippen LogP contribution in [0.3, 0.4) is 0 Å². The van der Waals surface area contributed by atoms with Crippen molar-refractivity contribution in [2.45, 2.75) is 13.5 Å². The SMILES string of the molecule is CCNCc1ccc(-c2cccc(Br)c2)o1. The highest BCUT2D eigenvalue weighted by Crippen LogP contribution is 2.24.